The number of halogens is 5. The van der Waals surface area contributed by atoms with Crippen molar-refractivity contribution < 1.29 is 31.2 Å². The summed E-state index contributed by atoms with van der Waals surface area (Å²) in [5.41, 5.74) is -0.336. The quantitative estimate of drug-likeness (QED) is 0.242. The number of aryl methyl sites for hydroxylation is 1. The molecule has 0 aliphatic heterocycles. The predicted molar refractivity (Wildman–Crippen MR) is 169 cm³/mol. The third-order valence-corrected chi connectivity index (χ3v) is 10.1. The number of amides is 2. The van der Waals surface area contributed by atoms with Crippen molar-refractivity contribution in [3.05, 3.63) is 93.5 Å². The third-order valence-electron chi connectivity index (χ3n) is 7.79. The van der Waals surface area contributed by atoms with Crippen molar-refractivity contribution in [1.29, 1.82) is 0 Å². The zero-order valence-electron chi connectivity index (χ0n) is 24.8. The molecule has 1 aliphatic carbocycles. The van der Waals surface area contributed by atoms with Crippen LogP contribution in [-0.4, -0.2) is 43.8 Å². The van der Waals surface area contributed by atoms with E-state index < -0.39 is 56.9 Å². The van der Waals surface area contributed by atoms with Crippen molar-refractivity contribution in [3.8, 4) is 0 Å². The fraction of sp³-hybridized carbons (Fsp3) is 0.375. The van der Waals surface area contributed by atoms with Crippen LogP contribution >= 0.6 is 23.2 Å². The highest BCUT2D eigenvalue weighted by Gasteiger charge is 2.37. The van der Waals surface area contributed by atoms with Crippen LogP contribution in [0.3, 0.4) is 0 Å². The van der Waals surface area contributed by atoms with E-state index in [1.54, 1.807) is 43.3 Å². The molecule has 0 spiro atoms. The molecule has 3 aromatic rings. The van der Waals surface area contributed by atoms with Gasteiger partial charge in [0, 0.05) is 17.6 Å². The molecular formula is C32H34Cl2F3N3O4S. The van der Waals surface area contributed by atoms with E-state index >= 15 is 0 Å². The van der Waals surface area contributed by atoms with Crippen molar-refractivity contribution in [2.45, 2.75) is 75.7 Å². The second-order valence-electron chi connectivity index (χ2n) is 11.2. The molecule has 7 nitrogen and oxygen atoms in total. The topological polar surface area (TPSA) is 86.8 Å². The Balaban J connectivity index is 1.75. The molecule has 13 heteroatoms. The highest BCUT2D eigenvalue weighted by atomic mass is 35.5. The first-order chi connectivity index (χ1) is 21.2. The number of anilines is 1. The van der Waals surface area contributed by atoms with E-state index in [0.717, 1.165) is 49.8 Å². The standard InChI is InChI=1S/C32H34Cl2F3N3O4S/c1-21-11-14-27(15-12-21)45(43,44)40(26-13-16-29(34)28(18-26)32(35,36)37)20-30(41)39(19-23-7-6-8-24(33)17-23)22(2)31(42)38-25-9-4-3-5-10-25/h6-8,11-18,22,25H,3-5,9-10,19-20H2,1-2H3,(H,38,42). The van der Waals surface area contributed by atoms with E-state index in [1.807, 2.05) is 0 Å². The molecule has 1 unspecified atom stereocenters. The van der Waals surface area contributed by atoms with E-state index in [-0.39, 0.29) is 17.5 Å². The van der Waals surface area contributed by atoms with E-state index in [9.17, 15) is 31.2 Å². The summed E-state index contributed by atoms with van der Waals surface area (Å²) in [5.74, 6) is -1.23. The average molecular weight is 685 g/mol. The smallest absolute Gasteiger partial charge is 0.352 e. The predicted octanol–water partition coefficient (Wildman–Crippen LogP) is 7.38. The summed E-state index contributed by atoms with van der Waals surface area (Å²) < 4.78 is 70.0. The molecule has 0 heterocycles. The Hall–Kier alpha value is -3.28. The number of nitrogens with zero attached hydrogens (tertiary/aromatic N) is 2. The van der Waals surface area contributed by atoms with Crippen molar-refractivity contribution in [2.75, 3.05) is 10.8 Å². The van der Waals surface area contributed by atoms with Crippen molar-refractivity contribution >= 4 is 50.7 Å². The Kier molecular flexibility index (Phi) is 11.1. The van der Waals surface area contributed by atoms with Crippen molar-refractivity contribution in [2.24, 2.45) is 0 Å². The number of carbonyl (C=O) groups is 2. The summed E-state index contributed by atoms with van der Waals surface area (Å²) in [6.45, 7) is 2.28. The van der Waals surface area contributed by atoms with E-state index in [4.69, 9.17) is 23.2 Å². The number of hydrogen-bond acceptors (Lipinski definition) is 4. The number of carbonyl (C=O) groups excluding carboxylic acids is 2. The Labute approximate surface area is 271 Å². The lowest BCUT2D eigenvalue weighted by atomic mass is 9.95. The SMILES string of the molecule is Cc1ccc(S(=O)(=O)N(CC(=O)N(Cc2cccc(Cl)c2)C(C)C(=O)NC2CCCCC2)c2ccc(Cl)c(C(F)(F)F)c2)cc1. The number of benzene rings is 3. The maximum atomic E-state index is 14.1. The average Bonchev–Trinajstić information content (AvgIpc) is 2.98. The van der Waals surface area contributed by atoms with Gasteiger partial charge in [-0.2, -0.15) is 13.2 Å². The molecule has 1 fully saturated rings. The Morgan fingerprint density at radius 3 is 2.27 bits per heavy atom. The largest absolute Gasteiger partial charge is 0.417 e. The van der Waals surface area contributed by atoms with Gasteiger partial charge in [0.1, 0.15) is 12.6 Å². The summed E-state index contributed by atoms with van der Waals surface area (Å²) in [6, 6.07) is 13.9. The van der Waals surface area contributed by atoms with Gasteiger partial charge >= 0.3 is 6.18 Å². The lowest BCUT2D eigenvalue weighted by Crippen LogP contribution is -2.53. The molecule has 45 heavy (non-hydrogen) atoms. The summed E-state index contributed by atoms with van der Waals surface area (Å²) >= 11 is 12.0. The van der Waals surface area contributed by atoms with E-state index in [1.165, 1.54) is 24.0 Å². The molecule has 0 radical (unpaired) electrons. The Morgan fingerprint density at radius 2 is 1.64 bits per heavy atom. The summed E-state index contributed by atoms with van der Waals surface area (Å²) in [4.78, 5) is 28.5. The van der Waals surface area contributed by atoms with Crippen molar-refractivity contribution in [1.82, 2.24) is 10.2 Å². The molecule has 1 atom stereocenters. The normalized spacial score (nSPS) is 14.9. The molecule has 3 aromatic carbocycles. The van der Waals surface area contributed by atoms with Gasteiger partial charge in [0.2, 0.25) is 11.8 Å². The molecular weight excluding hydrogens is 650 g/mol. The lowest BCUT2D eigenvalue weighted by Gasteiger charge is -2.33. The maximum Gasteiger partial charge on any atom is 0.417 e. The minimum absolute atomic E-state index is 0.0508. The second-order valence-corrected chi connectivity index (χ2v) is 13.9. The fourth-order valence-corrected chi connectivity index (χ4v) is 7.08. The van der Waals surface area contributed by atoms with Crippen LogP contribution < -0.4 is 9.62 Å². The van der Waals surface area contributed by atoms with E-state index in [0.29, 0.717) is 21.0 Å². The molecule has 1 aliphatic rings. The van der Waals surface area contributed by atoms with Crippen LogP contribution in [0.1, 0.15) is 55.7 Å². The van der Waals surface area contributed by atoms with Gasteiger partial charge in [0.05, 0.1) is 21.2 Å². The monoisotopic (exact) mass is 683 g/mol. The van der Waals surface area contributed by atoms with Crippen LogP contribution in [0.4, 0.5) is 18.9 Å². The number of sulfonamides is 1. The van der Waals surface area contributed by atoms with Crippen molar-refractivity contribution in [3.63, 3.8) is 0 Å². The molecule has 242 valence electrons. The Bertz CT molecular complexity index is 1630. The molecule has 2 amide bonds. The molecule has 1 N–H and O–H groups in total. The third kappa shape index (κ3) is 8.71. The highest BCUT2D eigenvalue weighted by Crippen LogP contribution is 2.38. The summed E-state index contributed by atoms with van der Waals surface area (Å²) in [6.07, 6.45) is -0.258. The number of alkyl halides is 3. The number of hydrogen-bond donors (Lipinski definition) is 1. The van der Waals surface area contributed by atoms with Gasteiger partial charge in [-0.1, -0.05) is 72.3 Å². The molecule has 1 saturated carbocycles. The molecule has 4 rings (SSSR count). The van der Waals surface area contributed by atoms with Crippen LogP contribution in [0.25, 0.3) is 0 Å². The fourth-order valence-electron chi connectivity index (χ4n) is 5.24. The number of rotatable bonds is 10. The molecule has 0 bridgehead atoms. The van der Waals surface area contributed by atoms with Gasteiger partial charge in [-0.25, -0.2) is 8.42 Å². The first-order valence-electron chi connectivity index (χ1n) is 14.5. The van der Waals surface area contributed by atoms with E-state index in [2.05, 4.69) is 5.32 Å². The molecule has 0 saturated heterocycles. The van der Waals surface area contributed by atoms with Gasteiger partial charge in [0.25, 0.3) is 10.0 Å². The Morgan fingerprint density at radius 1 is 0.978 bits per heavy atom. The zero-order chi connectivity index (χ0) is 32.9. The highest BCUT2D eigenvalue weighted by molar-refractivity contribution is 7.92. The van der Waals surface area contributed by atoms with Gasteiger partial charge in [-0.15, -0.1) is 0 Å². The van der Waals surface area contributed by atoms with Gasteiger partial charge in [-0.05, 0) is 74.7 Å². The zero-order valence-corrected chi connectivity index (χ0v) is 27.1. The lowest BCUT2D eigenvalue weighted by molar-refractivity contribution is -0.139. The maximum absolute atomic E-state index is 14.1. The van der Waals surface area contributed by atoms with Gasteiger partial charge in [0.15, 0.2) is 0 Å². The number of nitrogens with one attached hydrogen (secondary N) is 1. The second kappa shape index (κ2) is 14.4. The van der Waals surface area contributed by atoms with Gasteiger partial charge in [-0.3, -0.25) is 13.9 Å². The minimum atomic E-state index is -4.89. The minimum Gasteiger partial charge on any atom is -0.352 e. The van der Waals surface area contributed by atoms with Crippen LogP contribution in [0.5, 0.6) is 0 Å². The first kappa shape index (κ1) is 34.6. The van der Waals surface area contributed by atoms with Crippen LogP contribution in [0, 0.1) is 6.92 Å². The van der Waals surface area contributed by atoms with Crippen LogP contribution in [0.15, 0.2) is 71.6 Å². The first-order valence-corrected chi connectivity index (χ1v) is 16.7. The molecule has 0 aromatic heterocycles. The summed E-state index contributed by atoms with van der Waals surface area (Å²) in [7, 11) is -4.57. The summed E-state index contributed by atoms with van der Waals surface area (Å²) in [5, 5.41) is 2.77. The van der Waals surface area contributed by atoms with Crippen LogP contribution in [0.2, 0.25) is 10.0 Å². The van der Waals surface area contributed by atoms with Crippen LogP contribution in [-0.2, 0) is 32.3 Å². The van der Waals surface area contributed by atoms with Gasteiger partial charge < -0.3 is 10.2 Å².